The van der Waals surface area contributed by atoms with Gasteiger partial charge in [-0.15, -0.1) is 0 Å². The highest BCUT2D eigenvalue weighted by atomic mass is 16.5. The lowest BCUT2D eigenvalue weighted by atomic mass is 10.1. The van der Waals surface area contributed by atoms with Crippen molar-refractivity contribution in [3.05, 3.63) is 29.3 Å². The van der Waals surface area contributed by atoms with Crippen molar-refractivity contribution < 1.29 is 9.47 Å². The smallest absolute Gasteiger partial charge is 0.123 e. The van der Waals surface area contributed by atoms with Gasteiger partial charge in [-0.1, -0.05) is 19.1 Å². The van der Waals surface area contributed by atoms with Crippen molar-refractivity contribution in [2.45, 2.75) is 39.5 Å². The number of hydrogen-bond acceptors (Lipinski definition) is 3. The molecule has 0 aromatic heterocycles. The third-order valence-electron chi connectivity index (χ3n) is 2.68. The summed E-state index contributed by atoms with van der Waals surface area (Å²) in [5.74, 6) is 0.841. The summed E-state index contributed by atoms with van der Waals surface area (Å²) >= 11 is 0. The van der Waals surface area contributed by atoms with Gasteiger partial charge >= 0.3 is 0 Å². The monoisotopic (exact) mass is 223 g/mol. The Morgan fingerprint density at radius 1 is 1.38 bits per heavy atom. The molecule has 3 nitrogen and oxygen atoms in total. The van der Waals surface area contributed by atoms with Crippen LogP contribution in [0.2, 0.25) is 0 Å². The predicted molar refractivity (Wildman–Crippen MR) is 65.4 cm³/mol. The molecule has 90 valence electrons. The summed E-state index contributed by atoms with van der Waals surface area (Å²) in [6.45, 7) is 5.31. The highest BCUT2D eigenvalue weighted by molar-refractivity contribution is 5.37. The van der Waals surface area contributed by atoms with Crippen LogP contribution in [0.4, 0.5) is 0 Å². The number of rotatable bonds is 6. The van der Waals surface area contributed by atoms with Gasteiger partial charge in [-0.25, -0.2) is 0 Å². The molecule has 0 aliphatic rings. The maximum atomic E-state index is 5.66. The van der Waals surface area contributed by atoms with Crippen LogP contribution in [0, 0.1) is 0 Å². The average Bonchev–Trinajstić information content (AvgIpc) is 2.35. The molecular formula is C13H21NO2. The van der Waals surface area contributed by atoms with E-state index in [0.29, 0.717) is 19.3 Å². The molecule has 0 saturated heterocycles. The molecule has 2 N–H and O–H groups in total. The number of hydrogen-bond donors (Lipinski definition) is 1. The Labute approximate surface area is 97.6 Å². The van der Waals surface area contributed by atoms with Crippen molar-refractivity contribution in [1.82, 2.24) is 0 Å². The number of methoxy groups -OCH3 is 1. The Hall–Kier alpha value is -1.06. The standard InChI is InChI=1S/C13H21NO2/c1-4-10(2)16-9-11-5-6-12(8-14)13(7-11)15-3/h5-7,10H,4,8-9,14H2,1-3H3. The molecule has 0 spiro atoms. The van der Waals surface area contributed by atoms with Crippen molar-refractivity contribution in [2.75, 3.05) is 7.11 Å². The van der Waals surface area contributed by atoms with Gasteiger partial charge in [-0.05, 0) is 25.0 Å². The predicted octanol–water partition coefficient (Wildman–Crippen LogP) is 2.47. The van der Waals surface area contributed by atoms with E-state index in [0.717, 1.165) is 23.3 Å². The van der Waals surface area contributed by atoms with Crippen LogP contribution in [-0.4, -0.2) is 13.2 Å². The fourth-order valence-electron chi connectivity index (χ4n) is 1.40. The molecule has 1 atom stereocenters. The largest absolute Gasteiger partial charge is 0.496 e. The first-order chi connectivity index (χ1) is 7.71. The molecule has 1 aromatic carbocycles. The summed E-state index contributed by atoms with van der Waals surface area (Å²) in [6.07, 6.45) is 1.32. The lowest BCUT2D eigenvalue weighted by molar-refractivity contribution is 0.0507. The molecule has 0 fully saturated rings. The Morgan fingerprint density at radius 3 is 2.69 bits per heavy atom. The van der Waals surface area contributed by atoms with Crippen molar-refractivity contribution in [3.63, 3.8) is 0 Å². The molecular weight excluding hydrogens is 202 g/mol. The molecule has 0 bridgehead atoms. The first-order valence-corrected chi connectivity index (χ1v) is 5.68. The second kappa shape index (κ2) is 6.51. The Balaban J connectivity index is 2.67. The fourth-order valence-corrected chi connectivity index (χ4v) is 1.40. The van der Waals surface area contributed by atoms with Gasteiger partial charge in [-0.2, -0.15) is 0 Å². The lowest BCUT2D eigenvalue weighted by Gasteiger charge is -2.12. The van der Waals surface area contributed by atoms with Gasteiger partial charge in [0.2, 0.25) is 0 Å². The van der Waals surface area contributed by atoms with Crippen LogP contribution in [0.15, 0.2) is 18.2 Å². The van der Waals surface area contributed by atoms with Gasteiger partial charge in [0, 0.05) is 12.1 Å². The first-order valence-electron chi connectivity index (χ1n) is 5.68. The average molecular weight is 223 g/mol. The summed E-state index contributed by atoms with van der Waals surface area (Å²) in [6, 6.07) is 6.02. The van der Waals surface area contributed by atoms with E-state index in [1.54, 1.807) is 7.11 Å². The molecule has 1 aromatic rings. The Bertz CT molecular complexity index is 326. The molecule has 1 rings (SSSR count). The van der Waals surface area contributed by atoms with Crippen LogP contribution in [-0.2, 0) is 17.9 Å². The second-order valence-corrected chi connectivity index (χ2v) is 3.88. The van der Waals surface area contributed by atoms with E-state index in [-0.39, 0.29) is 0 Å². The second-order valence-electron chi connectivity index (χ2n) is 3.88. The molecule has 1 unspecified atom stereocenters. The van der Waals surface area contributed by atoms with Crippen LogP contribution in [0.5, 0.6) is 5.75 Å². The summed E-state index contributed by atoms with van der Waals surface area (Å²) in [4.78, 5) is 0. The van der Waals surface area contributed by atoms with Crippen LogP contribution in [0.25, 0.3) is 0 Å². The summed E-state index contributed by atoms with van der Waals surface area (Å²) < 4.78 is 10.9. The molecule has 0 radical (unpaired) electrons. The minimum absolute atomic E-state index is 0.292. The highest BCUT2D eigenvalue weighted by Gasteiger charge is 2.04. The summed E-state index contributed by atoms with van der Waals surface area (Å²) in [5.41, 5.74) is 7.75. The summed E-state index contributed by atoms with van der Waals surface area (Å²) in [7, 11) is 1.66. The molecule has 3 heteroatoms. The fraction of sp³-hybridized carbons (Fsp3) is 0.538. The van der Waals surface area contributed by atoms with Crippen molar-refractivity contribution >= 4 is 0 Å². The number of ether oxygens (including phenoxy) is 2. The van der Waals surface area contributed by atoms with Gasteiger partial charge < -0.3 is 15.2 Å². The molecule has 0 heterocycles. The third-order valence-corrected chi connectivity index (χ3v) is 2.68. The molecule has 0 amide bonds. The topological polar surface area (TPSA) is 44.5 Å². The minimum Gasteiger partial charge on any atom is -0.496 e. The normalized spacial score (nSPS) is 12.5. The van der Waals surface area contributed by atoms with Crippen molar-refractivity contribution in [1.29, 1.82) is 0 Å². The van der Waals surface area contributed by atoms with Crippen LogP contribution in [0.3, 0.4) is 0 Å². The van der Waals surface area contributed by atoms with Gasteiger partial charge in [-0.3, -0.25) is 0 Å². The van der Waals surface area contributed by atoms with E-state index >= 15 is 0 Å². The maximum Gasteiger partial charge on any atom is 0.123 e. The van der Waals surface area contributed by atoms with Crippen LogP contribution < -0.4 is 10.5 Å². The van der Waals surface area contributed by atoms with E-state index in [1.165, 1.54) is 0 Å². The first kappa shape index (κ1) is 13.0. The van der Waals surface area contributed by atoms with E-state index in [2.05, 4.69) is 13.8 Å². The van der Waals surface area contributed by atoms with E-state index in [4.69, 9.17) is 15.2 Å². The van der Waals surface area contributed by atoms with Crippen molar-refractivity contribution in [2.24, 2.45) is 5.73 Å². The Morgan fingerprint density at radius 2 is 2.12 bits per heavy atom. The maximum absolute atomic E-state index is 5.66. The van der Waals surface area contributed by atoms with E-state index in [9.17, 15) is 0 Å². The zero-order chi connectivity index (χ0) is 12.0. The SMILES string of the molecule is CCC(C)OCc1ccc(CN)c(OC)c1. The van der Waals surface area contributed by atoms with Gasteiger partial charge in [0.25, 0.3) is 0 Å². The van der Waals surface area contributed by atoms with Crippen LogP contribution in [0.1, 0.15) is 31.4 Å². The van der Waals surface area contributed by atoms with Gasteiger partial charge in [0.15, 0.2) is 0 Å². The third kappa shape index (κ3) is 3.51. The van der Waals surface area contributed by atoms with E-state index < -0.39 is 0 Å². The molecule has 0 saturated carbocycles. The molecule has 16 heavy (non-hydrogen) atoms. The molecule has 0 aliphatic carbocycles. The zero-order valence-corrected chi connectivity index (χ0v) is 10.3. The van der Waals surface area contributed by atoms with Gasteiger partial charge in [0.1, 0.15) is 5.75 Å². The van der Waals surface area contributed by atoms with E-state index in [1.807, 2.05) is 18.2 Å². The highest BCUT2D eigenvalue weighted by Crippen LogP contribution is 2.20. The zero-order valence-electron chi connectivity index (χ0n) is 10.3. The number of nitrogens with two attached hydrogens (primary N) is 1. The summed E-state index contributed by atoms with van der Waals surface area (Å²) in [5, 5.41) is 0. The van der Waals surface area contributed by atoms with Gasteiger partial charge in [0.05, 0.1) is 19.8 Å². The van der Waals surface area contributed by atoms with Crippen molar-refractivity contribution in [3.8, 4) is 5.75 Å². The molecule has 0 aliphatic heterocycles. The lowest BCUT2D eigenvalue weighted by Crippen LogP contribution is -2.07. The Kier molecular flexibility index (Phi) is 5.29. The minimum atomic E-state index is 0.292. The van der Waals surface area contributed by atoms with Crippen LogP contribution >= 0.6 is 0 Å². The number of benzene rings is 1. The quantitative estimate of drug-likeness (QED) is 0.805.